The third-order valence-corrected chi connectivity index (χ3v) is 7.45. The molecule has 1 aromatic carbocycles. The predicted octanol–water partition coefficient (Wildman–Crippen LogP) is 4.41. The van der Waals surface area contributed by atoms with E-state index in [4.69, 9.17) is 0 Å². The van der Waals surface area contributed by atoms with E-state index in [1.165, 1.54) is 23.5 Å². The van der Waals surface area contributed by atoms with Crippen LogP contribution in [0, 0.1) is 13.8 Å². The molecule has 25 heavy (non-hydrogen) atoms. The summed E-state index contributed by atoms with van der Waals surface area (Å²) >= 11 is 0. The number of benzene rings is 1. The van der Waals surface area contributed by atoms with Gasteiger partial charge in [0.05, 0.1) is 6.54 Å². The van der Waals surface area contributed by atoms with Crippen molar-refractivity contribution >= 4 is 39.1 Å². The van der Waals surface area contributed by atoms with E-state index in [0.717, 1.165) is 34.9 Å². The largest absolute Gasteiger partial charge is 0.336 e. The average molecular weight is 381 g/mol. The van der Waals surface area contributed by atoms with Gasteiger partial charge in [0.15, 0.2) is 0 Å². The van der Waals surface area contributed by atoms with Crippen molar-refractivity contribution in [2.45, 2.75) is 51.2 Å². The molecule has 1 heterocycles. The molecule has 0 aromatic heterocycles. The molecule has 2 amide bonds. The fraction of sp³-hybridized carbons (Fsp3) is 0.579. The summed E-state index contributed by atoms with van der Waals surface area (Å²) in [4.78, 5) is 26.0. The number of carbonyl (C=O) groups excluding carboxylic acids is 2. The predicted molar refractivity (Wildman–Crippen MR) is 109 cm³/mol. The molecule has 2 rings (SSSR count). The molecule has 1 aliphatic rings. The molecule has 0 aliphatic carbocycles. The third-order valence-electron chi connectivity index (χ3n) is 4.45. The molecule has 1 aliphatic heterocycles. The van der Waals surface area contributed by atoms with Crippen molar-refractivity contribution in [3.8, 4) is 0 Å². The molecule has 0 radical (unpaired) electrons. The van der Waals surface area contributed by atoms with Gasteiger partial charge in [-0.2, -0.15) is 0 Å². The van der Waals surface area contributed by atoms with Crippen molar-refractivity contribution < 1.29 is 9.59 Å². The highest BCUT2D eigenvalue weighted by Gasteiger charge is 2.17. The zero-order valence-electron chi connectivity index (χ0n) is 15.3. The first-order valence-electron chi connectivity index (χ1n) is 8.85. The van der Waals surface area contributed by atoms with Crippen molar-refractivity contribution in [1.82, 2.24) is 4.90 Å². The molecule has 1 fully saturated rings. The quantitative estimate of drug-likeness (QED) is 0.536. The van der Waals surface area contributed by atoms with Crippen LogP contribution in [0.1, 0.15) is 43.2 Å². The van der Waals surface area contributed by atoms with Gasteiger partial charge in [0, 0.05) is 30.2 Å². The number of unbranched alkanes of at least 4 members (excludes halogenated alkanes) is 1. The van der Waals surface area contributed by atoms with Crippen molar-refractivity contribution in [3.63, 3.8) is 0 Å². The Morgan fingerprint density at radius 2 is 1.96 bits per heavy atom. The standard InChI is InChI=1S/C19H28N2O2S2/c1-14-7-6-8-15(2)19(14)20-17(22)13-21(3)18(23)10-5-4-9-16-11-12-24-25-16/h6-8,16H,4-5,9-13H2,1-3H3,(H,20,22). The molecule has 138 valence electrons. The van der Waals surface area contributed by atoms with Crippen LogP contribution < -0.4 is 5.32 Å². The van der Waals surface area contributed by atoms with Gasteiger partial charge in [0.1, 0.15) is 0 Å². The smallest absolute Gasteiger partial charge is 0.243 e. The first-order chi connectivity index (χ1) is 12.0. The van der Waals surface area contributed by atoms with Crippen LogP contribution in [0.3, 0.4) is 0 Å². The Balaban J connectivity index is 1.69. The SMILES string of the molecule is Cc1cccc(C)c1NC(=O)CN(C)C(=O)CCCCC1CCSS1. The van der Waals surface area contributed by atoms with Crippen LogP contribution >= 0.6 is 21.6 Å². The highest BCUT2D eigenvalue weighted by atomic mass is 33.1. The van der Waals surface area contributed by atoms with E-state index >= 15 is 0 Å². The van der Waals surface area contributed by atoms with Gasteiger partial charge in [-0.3, -0.25) is 9.59 Å². The van der Waals surface area contributed by atoms with Crippen LogP contribution in [0.2, 0.25) is 0 Å². The van der Waals surface area contributed by atoms with Gasteiger partial charge in [-0.25, -0.2) is 0 Å². The summed E-state index contributed by atoms with van der Waals surface area (Å²) in [5.74, 6) is 1.16. The third kappa shape index (κ3) is 6.59. The van der Waals surface area contributed by atoms with Gasteiger partial charge in [-0.1, -0.05) is 46.2 Å². The number of rotatable bonds is 8. The fourth-order valence-corrected chi connectivity index (χ4v) is 5.93. The van der Waals surface area contributed by atoms with E-state index in [0.29, 0.717) is 6.42 Å². The Labute approximate surface area is 158 Å². The summed E-state index contributed by atoms with van der Waals surface area (Å²) in [6.07, 6.45) is 5.01. The second kappa shape index (κ2) is 10.1. The molecular formula is C19H28N2O2S2. The Hall–Kier alpha value is -1.14. The molecule has 1 aromatic rings. The second-order valence-electron chi connectivity index (χ2n) is 6.64. The number of hydrogen-bond acceptors (Lipinski definition) is 4. The summed E-state index contributed by atoms with van der Waals surface area (Å²) in [5.41, 5.74) is 2.91. The topological polar surface area (TPSA) is 49.4 Å². The van der Waals surface area contributed by atoms with Gasteiger partial charge < -0.3 is 10.2 Å². The summed E-state index contributed by atoms with van der Waals surface area (Å²) in [6.45, 7) is 4.04. The number of nitrogens with one attached hydrogen (secondary N) is 1. The van der Waals surface area contributed by atoms with Crippen molar-refractivity contribution in [2.75, 3.05) is 24.7 Å². The minimum absolute atomic E-state index is 0.0464. The van der Waals surface area contributed by atoms with E-state index in [-0.39, 0.29) is 18.4 Å². The molecule has 0 saturated carbocycles. The van der Waals surface area contributed by atoms with Gasteiger partial charge in [-0.15, -0.1) is 0 Å². The van der Waals surface area contributed by atoms with Crippen LogP contribution in [-0.2, 0) is 9.59 Å². The molecular weight excluding hydrogens is 352 g/mol. The summed E-state index contributed by atoms with van der Waals surface area (Å²) in [5, 5.41) is 3.70. The number of carbonyl (C=O) groups is 2. The van der Waals surface area contributed by atoms with Crippen LogP contribution in [0.15, 0.2) is 18.2 Å². The van der Waals surface area contributed by atoms with E-state index in [2.05, 4.69) is 5.32 Å². The summed E-state index contributed by atoms with van der Waals surface area (Å²) < 4.78 is 0. The maximum absolute atomic E-state index is 12.2. The maximum atomic E-state index is 12.2. The molecule has 1 N–H and O–H groups in total. The first kappa shape index (κ1) is 20.2. The van der Waals surface area contributed by atoms with Gasteiger partial charge in [-0.05, 0) is 44.2 Å². The minimum Gasteiger partial charge on any atom is -0.336 e. The van der Waals surface area contributed by atoms with Crippen LogP contribution in [0.25, 0.3) is 0 Å². The molecule has 1 saturated heterocycles. The summed E-state index contributed by atoms with van der Waals surface area (Å²) in [6, 6.07) is 5.91. The van der Waals surface area contributed by atoms with Crippen LogP contribution in [0.5, 0.6) is 0 Å². The van der Waals surface area contributed by atoms with Crippen molar-refractivity contribution in [1.29, 1.82) is 0 Å². The monoisotopic (exact) mass is 380 g/mol. The molecule has 0 bridgehead atoms. The highest BCUT2D eigenvalue weighted by Crippen LogP contribution is 2.39. The zero-order chi connectivity index (χ0) is 18.2. The Morgan fingerprint density at radius 1 is 1.24 bits per heavy atom. The van der Waals surface area contributed by atoms with Gasteiger partial charge >= 0.3 is 0 Å². The Bertz CT molecular complexity index is 581. The lowest BCUT2D eigenvalue weighted by atomic mass is 10.1. The normalized spacial score (nSPS) is 16.7. The Morgan fingerprint density at radius 3 is 2.60 bits per heavy atom. The fourth-order valence-electron chi connectivity index (χ4n) is 2.90. The molecule has 6 heteroatoms. The number of amides is 2. The molecule has 1 atom stereocenters. The molecule has 4 nitrogen and oxygen atoms in total. The van der Waals surface area contributed by atoms with Gasteiger partial charge in [0.2, 0.25) is 11.8 Å². The first-order valence-corrected chi connectivity index (χ1v) is 11.2. The molecule has 0 spiro atoms. The van der Waals surface area contributed by atoms with Crippen molar-refractivity contribution in [3.05, 3.63) is 29.3 Å². The number of likely N-dealkylation sites (N-methyl/N-ethyl adjacent to an activating group) is 1. The van der Waals surface area contributed by atoms with E-state index in [1.807, 2.05) is 53.6 Å². The number of aryl methyl sites for hydroxylation is 2. The minimum atomic E-state index is -0.146. The average Bonchev–Trinajstić information content (AvgIpc) is 3.08. The summed E-state index contributed by atoms with van der Waals surface area (Å²) in [7, 11) is 5.65. The van der Waals surface area contributed by atoms with E-state index in [1.54, 1.807) is 7.05 Å². The lowest BCUT2D eigenvalue weighted by Crippen LogP contribution is -2.35. The Kier molecular flexibility index (Phi) is 8.16. The molecule has 1 unspecified atom stereocenters. The van der Waals surface area contributed by atoms with Crippen molar-refractivity contribution in [2.24, 2.45) is 0 Å². The van der Waals surface area contributed by atoms with Crippen LogP contribution in [0.4, 0.5) is 5.69 Å². The number of para-hydroxylation sites is 1. The number of anilines is 1. The van der Waals surface area contributed by atoms with E-state index in [9.17, 15) is 9.59 Å². The zero-order valence-corrected chi connectivity index (χ0v) is 17.0. The van der Waals surface area contributed by atoms with E-state index < -0.39 is 0 Å². The second-order valence-corrected chi connectivity index (χ2v) is 9.43. The number of nitrogens with zero attached hydrogens (tertiary/aromatic N) is 1. The van der Waals surface area contributed by atoms with Gasteiger partial charge in [0.25, 0.3) is 0 Å². The lowest BCUT2D eigenvalue weighted by molar-refractivity contribution is -0.133. The highest BCUT2D eigenvalue weighted by molar-refractivity contribution is 8.77. The lowest BCUT2D eigenvalue weighted by Gasteiger charge is -2.18. The van der Waals surface area contributed by atoms with Crippen LogP contribution in [-0.4, -0.2) is 41.3 Å². The maximum Gasteiger partial charge on any atom is 0.243 e. The number of hydrogen-bond donors (Lipinski definition) is 1.